The third kappa shape index (κ3) is 1.50. The van der Waals surface area contributed by atoms with Crippen LogP contribution in [-0.4, -0.2) is 20.2 Å². The topological polar surface area (TPSA) is 65.8 Å². The molecule has 0 spiro atoms. The SMILES string of the molecule is Cn1c(=O)n(C2CCC(N)C2)c2cccnc21. The molecule has 17 heavy (non-hydrogen) atoms. The number of pyridine rings is 1. The van der Waals surface area contributed by atoms with Crippen molar-refractivity contribution in [2.45, 2.75) is 31.3 Å². The first-order valence-electron chi connectivity index (χ1n) is 5.96. The second-order valence-corrected chi connectivity index (χ2v) is 4.78. The highest BCUT2D eigenvalue weighted by atomic mass is 16.1. The van der Waals surface area contributed by atoms with E-state index in [-0.39, 0.29) is 17.8 Å². The van der Waals surface area contributed by atoms with Crippen LogP contribution in [-0.2, 0) is 7.05 Å². The van der Waals surface area contributed by atoms with Gasteiger partial charge in [0, 0.05) is 25.3 Å². The van der Waals surface area contributed by atoms with E-state index in [1.807, 2.05) is 16.7 Å². The quantitative estimate of drug-likeness (QED) is 0.790. The van der Waals surface area contributed by atoms with E-state index in [4.69, 9.17) is 5.73 Å². The monoisotopic (exact) mass is 232 g/mol. The van der Waals surface area contributed by atoms with Crippen LogP contribution in [0.15, 0.2) is 23.1 Å². The number of aromatic nitrogens is 3. The minimum atomic E-state index is 0.0119. The molecule has 5 heteroatoms. The Hall–Kier alpha value is -1.62. The van der Waals surface area contributed by atoms with Gasteiger partial charge < -0.3 is 5.73 Å². The van der Waals surface area contributed by atoms with Crippen LogP contribution in [0.5, 0.6) is 0 Å². The Bertz CT molecular complexity index is 612. The lowest BCUT2D eigenvalue weighted by molar-refractivity contribution is 0.501. The number of nitrogens with two attached hydrogens (primary N) is 1. The van der Waals surface area contributed by atoms with Crippen molar-refractivity contribution < 1.29 is 0 Å². The first kappa shape index (κ1) is 10.5. The lowest BCUT2D eigenvalue weighted by Crippen LogP contribution is -2.26. The zero-order chi connectivity index (χ0) is 12.0. The molecule has 0 radical (unpaired) electrons. The lowest BCUT2D eigenvalue weighted by atomic mass is 10.2. The molecule has 2 aromatic heterocycles. The summed E-state index contributed by atoms with van der Waals surface area (Å²) in [4.78, 5) is 16.5. The van der Waals surface area contributed by atoms with Gasteiger partial charge in [-0.2, -0.15) is 0 Å². The Morgan fingerprint density at radius 1 is 1.47 bits per heavy atom. The second kappa shape index (κ2) is 3.70. The largest absolute Gasteiger partial charge is 0.330 e. The van der Waals surface area contributed by atoms with Gasteiger partial charge in [-0.25, -0.2) is 9.78 Å². The van der Waals surface area contributed by atoms with Gasteiger partial charge in [-0.1, -0.05) is 0 Å². The fraction of sp³-hybridized carbons (Fsp3) is 0.500. The van der Waals surface area contributed by atoms with Crippen LogP contribution in [0.1, 0.15) is 25.3 Å². The molecular formula is C12H16N4O. The minimum absolute atomic E-state index is 0.0119. The summed E-state index contributed by atoms with van der Waals surface area (Å²) in [6.45, 7) is 0. The first-order valence-corrected chi connectivity index (χ1v) is 5.96. The molecule has 1 fully saturated rings. The number of hydrogen-bond acceptors (Lipinski definition) is 3. The molecule has 0 aliphatic heterocycles. The molecule has 2 heterocycles. The summed E-state index contributed by atoms with van der Waals surface area (Å²) in [5, 5.41) is 0. The normalized spacial score (nSPS) is 24.6. The third-order valence-electron chi connectivity index (χ3n) is 3.65. The summed E-state index contributed by atoms with van der Waals surface area (Å²) in [7, 11) is 1.77. The molecule has 0 aromatic carbocycles. The van der Waals surface area contributed by atoms with Crippen molar-refractivity contribution >= 4 is 11.2 Å². The van der Waals surface area contributed by atoms with Gasteiger partial charge in [-0.3, -0.25) is 9.13 Å². The number of aryl methyl sites for hydroxylation is 1. The summed E-state index contributed by atoms with van der Waals surface area (Å²) in [6, 6.07) is 4.27. The van der Waals surface area contributed by atoms with Gasteiger partial charge in [-0.05, 0) is 31.4 Å². The summed E-state index contributed by atoms with van der Waals surface area (Å²) in [5.74, 6) is 0. The maximum Gasteiger partial charge on any atom is 0.330 e. The van der Waals surface area contributed by atoms with E-state index in [0.29, 0.717) is 0 Å². The molecule has 1 aliphatic rings. The van der Waals surface area contributed by atoms with Gasteiger partial charge in [0.1, 0.15) is 0 Å². The number of nitrogens with zero attached hydrogens (tertiary/aromatic N) is 3. The van der Waals surface area contributed by atoms with E-state index < -0.39 is 0 Å². The van der Waals surface area contributed by atoms with Gasteiger partial charge in [0.15, 0.2) is 5.65 Å². The average molecular weight is 232 g/mol. The van der Waals surface area contributed by atoms with E-state index in [1.54, 1.807) is 17.8 Å². The van der Waals surface area contributed by atoms with E-state index in [0.717, 1.165) is 30.4 Å². The summed E-state index contributed by atoms with van der Waals surface area (Å²) >= 11 is 0. The zero-order valence-corrected chi connectivity index (χ0v) is 9.84. The molecule has 2 unspecified atom stereocenters. The van der Waals surface area contributed by atoms with E-state index in [9.17, 15) is 4.79 Å². The molecule has 0 bridgehead atoms. The Kier molecular flexibility index (Phi) is 2.29. The van der Waals surface area contributed by atoms with Gasteiger partial charge in [0.25, 0.3) is 0 Å². The fourth-order valence-electron chi connectivity index (χ4n) is 2.77. The maximum absolute atomic E-state index is 12.2. The summed E-state index contributed by atoms with van der Waals surface area (Å²) in [5.41, 5.74) is 7.60. The number of rotatable bonds is 1. The maximum atomic E-state index is 12.2. The number of fused-ring (bicyclic) bond motifs is 1. The molecule has 3 rings (SSSR count). The van der Waals surface area contributed by atoms with Crippen LogP contribution in [0.25, 0.3) is 11.2 Å². The number of imidazole rings is 1. The van der Waals surface area contributed by atoms with Crippen molar-refractivity contribution in [3.8, 4) is 0 Å². The Labute approximate surface area is 98.9 Å². The average Bonchev–Trinajstić information content (AvgIpc) is 2.84. The predicted molar refractivity (Wildman–Crippen MR) is 65.8 cm³/mol. The smallest absolute Gasteiger partial charge is 0.328 e. The van der Waals surface area contributed by atoms with E-state index in [1.165, 1.54) is 0 Å². The van der Waals surface area contributed by atoms with Gasteiger partial charge in [0.2, 0.25) is 0 Å². The van der Waals surface area contributed by atoms with Crippen molar-refractivity contribution in [2.24, 2.45) is 12.8 Å². The van der Waals surface area contributed by atoms with Gasteiger partial charge >= 0.3 is 5.69 Å². The summed E-state index contributed by atoms with van der Waals surface area (Å²) in [6.07, 6.45) is 4.57. The van der Waals surface area contributed by atoms with E-state index >= 15 is 0 Å². The lowest BCUT2D eigenvalue weighted by Gasteiger charge is -2.11. The minimum Gasteiger partial charge on any atom is -0.328 e. The van der Waals surface area contributed by atoms with Crippen molar-refractivity contribution in [1.29, 1.82) is 0 Å². The van der Waals surface area contributed by atoms with Crippen molar-refractivity contribution in [3.05, 3.63) is 28.8 Å². The van der Waals surface area contributed by atoms with Crippen molar-refractivity contribution in [2.75, 3.05) is 0 Å². The Balaban J connectivity index is 2.22. The summed E-state index contributed by atoms with van der Waals surface area (Å²) < 4.78 is 3.47. The molecule has 2 atom stereocenters. The molecule has 2 aromatic rings. The van der Waals surface area contributed by atoms with Crippen LogP contribution >= 0.6 is 0 Å². The standard InChI is InChI=1S/C12H16N4O/c1-15-11-10(3-2-6-14-11)16(12(15)17)9-5-4-8(13)7-9/h2-3,6,8-9H,4-5,7,13H2,1H3. The Morgan fingerprint density at radius 2 is 2.29 bits per heavy atom. The van der Waals surface area contributed by atoms with Crippen molar-refractivity contribution in [3.63, 3.8) is 0 Å². The Morgan fingerprint density at radius 3 is 3.00 bits per heavy atom. The molecule has 90 valence electrons. The van der Waals surface area contributed by atoms with Crippen LogP contribution in [0.2, 0.25) is 0 Å². The van der Waals surface area contributed by atoms with Gasteiger partial charge in [0.05, 0.1) is 5.52 Å². The highest BCUT2D eigenvalue weighted by molar-refractivity contribution is 5.71. The van der Waals surface area contributed by atoms with Gasteiger partial charge in [-0.15, -0.1) is 0 Å². The molecule has 2 N–H and O–H groups in total. The van der Waals surface area contributed by atoms with Crippen LogP contribution in [0, 0.1) is 0 Å². The predicted octanol–water partition coefficient (Wildman–Crippen LogP) is 0.787. The third-order valence-corrected chi connectivity index (χ3v) is 3.65. The molecule has 0 amide bonds. The van der Waals surface area contributed by atoms with Crippen LogP contribution in [0.4, 0.5) is 0 Å². The highest BCUT2D eigenvalue weighted by Crippen LogP contribution is 2.29. The molecular weight excluding hydrogens is 216 g/mol. The highest BCUT2D eigenvalue weighted by Gasteiger charge is 2.26. The van der Waals surface area contributed by atoms with Crippen LogP contribution in [0.3, 0.4) is 0 Å². The molecule has 0 saturated heterocycles. The fourth-order valence-corrected chi connectivity index (χ4v) is 2.77. The van der Waals surface area contributed by atoms with Crippen LogP contribution < -0.4 is 11.4 Å². The molecule has 1 aliphatic carbocycles. The van der Waals surface area contributed by atoms with Crippen molar-refractivity contribution in [1.82, 2.24) is 14.1 Å². The second-order valence-electron chi connectivity index (χ2n) is 4.78. The van der Waals surface area contributed by atoms with E-state index in [2.05, 4.69) is 4.98 Å². The zero-order valence-electron chi connectivity index (χ0n) is 9.84. The first-order chi connectivity index (χ1) is 8.18. The molecule has 5 nitrogen and oxygen atoms in total. The number of hydrogen-bond donors (Lipinski definition) is 1. The molecule has 1 saturated carbocycles.